The molecule has 2 rings (SSSR count). The van der Waals surface area contributed by atoms with E-state index in [1.807, 2.05) is 0 Å². The van der Waals surface area contributed by atoms with Gasteiger partial charge < -0.3 is 5.11 Å². The van der Waals surface area contributed by atoms with Crippen LogP contribution in [0, 0.1) is 0 Å². The second-order valence-electron chi connectivity index (χ2n) is 2.92. The summed E-state index contributed by atoms with van der Waals surface area (Å²) in [5.41, 5.74) is 1.21. The van der Waals surface area contributed by atoms with Crippen molar-refractivity contribution in [3.05, 3.63) is 24.3 Å². The molecule has 66 valence electrons. The summed E-state index contributed by atoms with van der Waals surface area (Å²) in [4.78, 5) is 10.9. The van der Waals surface area contributed by atoms with Crippen molar-refractivity contribution in [2.24, 2.45) is 10.3 Å². The molecule has 0 saturated heterocycles. The molecule has 0 spiro atoms. The molecule has 1 atom stereocenters. The van der Waals surface area contributed by atoms with Crippen LogP contribution in [0.3, 0.4) is 0 Å². The van der Waals surface area contributed by atoms with Gasteiger partial charge in [0.15, 0.2) is 11.4 Å². The Morgan fingerprint density at radius 1 is 1.46 bits per heavy atom. The van der Waals surface area contributed by atoms with Crippen molar-refractivity contribution in [1.29, 1.82) is 0 Å². The zero-order valence-corrected chi connectivity index (χ0v) is 7.01. The summed E-state index contributed by atoms with van der Waals surface area (Å²) in [6.45, 7) is 0. The van der Waals surface area contributed by atoms with Gasteiger partial charge in [0, 0.05) is 11.3 Å². The van der Waals surface area contributed by atoms with E-state index in [4.69, 9.17) is 5.11 Å². The van der Waals surface area contributed by atoms with Crippen LogP contribution >= 0.6 is 0 Å². The van der Waals surface area contributed by atoms with Crippen molar-refractivity contribution in [3.8, 4) is 0 Å². The lowest BCUT2D eigenvalue weighted by Crippen LogP contribution is -2.42. The molecule has 13 heavy (non-hydrogen) atoms. The van der Waals surface area contributed by atoms with E-state index in [1.54, 1.807) is 24.3 Å². The van der Waals surface area contributed by atoms with E-state index in [-0.39, 0.29) is 0 Å². The second-order valence-corrected chi connectivity index (χ2v) is 2.92. The topological polar surface area (TPSA) is 62.0 Å². The average Bonchev–Trinajstić information content (AvgIpc) is 2.47. The van der Waals surface area contributed by atoms with Gasteiger partial charge in [-0.05, 0) is 10.7 Å². The first-order valence-corrected chi connectivity index (χ1v) is 3.77. The summed E-state index contributed by atoms with van der Waals surface area (Å²) < 4.78 is -0.518. The highest BCUT2D eigenvalue weighted by atomic mass is 16.4. The molecule has 1 aliphatic rings. The maximum absolute atomic E-state index is 10.9. The largest absolute Gasteiger partial charge is 0.547 e. The van der Waals surface area contributed by atoms with Gasteiger partial charge in [0.1, 0.15) is 7.05 Å². The van der Waals surface area contributed by atoms with Gasteiger partial charge in [-0.15, -0.1) is 0 Å². The zero-order valence-electron chi connectivity index (χ0n) is 7.01. The monoisotopic (exact) mass is 178 g/mol. The Hall–Kier alpha value is -1.75. The van der Waals surface area contributed by atoms with Gasteiger partial charge in [-0.2, -0.15) is 4.79 Å². The number of hydrogen-bond acceptors (Lipinski definition) is 3. The molecular formula is C8H8N3O2+. The van der Waals surface area contributed by atoms with E-state index in [9.17, 15) is 4.79 Å². The molecule has 1 amide bonds. The summed E-state index contributed by atoms with van der Waals surface area (Å²) in [5.74, 6) is 0. The SMILES string of the molecule is C[N+]1(C(=O)O)N=Nc2ccccc21. The Bertz CT molecular complexity index is 402. The van der Waals surface area contributed by atoms with Crippen LogP contribution < -0.4 is 4.59 Å². The predicted octanol–water partition coefficient (Wildman–Crippen LogP) is 2.31. The highest BCUT2D eigenvalue weighted by Gasteiger charge is 2.42. The molecule has 1 aromatic carbocycles. The molecule has 0 bridgehead atoms. The fourth-order valence-electron chi connectivity index (χ4n) is 1.24. The van der Waals surface area contributed by atoms with Crippen molar-refractivity contribution < 1.29 is 9.90 Å². The minimum Gasteiger partial charge on any atom is -0.433 e. The van der Waals surface area contributed by atoms with Gasteiger partial charge in [-0.25, -0.2) is 0 Å². The number of fused-ring (bicyclic) bond motifs is 1. The lowest BCUT2D eigenvalue weighted by molar-refractivity contribution is 0.157. The van der Waals surface area contributed by atoms with E-state index in [2.05, 4.69) is 10.3 Å². The Morgan fingerprint density at radius 3 is 2.85 bits per heavy atom. The van der Waals surface area contributed by atoms with E-state index < -0.39 is 10.7 Å². The van der Waals surface area contributed by atoms with Crippen LogP contribution in [0.1, 0.15) is 0 Å². The molecule has 1 unspecified atom stereocenters. The average molecular weight is 178 g/mol. The number of carbonyl (C=O) groups is 1. The lowest BCUT2D eigenvalue weighted by Gasteiger charge is -2.13. The first kappa shape index (κ1) is 7.88. The molecule has 0 radical (unpaired) electrons. The highest BCUT2D eigenvalue weighted by Crippen LogP contribution is 2.39. The molecule has 5 heteroatoms. The number of rotatable bonds is 0. The van der Waals surface area contributed by atoms with Gasteiger partial charge in [0.05, 0.1) is 0 Å². The number of nitrogens with zero attached hydrogens (tertiary/aromatic N) is 3. The Morgan fingerprint density at radius 2 is 2.15 bits per heavy atom. The second kappa shape index (κ2) is 2.37. The van der Waals surface area contributed by atoms with Gasteiger partial charge in [-0.3, -0.25) is 0 Å². The third-order valence-electron chi connectivity index (χ3n) is 2.05. The van der Waals surface area contributed by atoms with E-state index in [1.165, 1.54) is 7.05 Å². The minimum atomic E-state index is -1.03. The van der Waals surface area contributed by atoms with Gasteiger partial charge >= 0.3 is 6.09 Å². The standard InChI is InChI=1S/C8H7N3O2/c1-11(8(12)13)7-5-3-2-4-6(7)9-10-11/h2-5H,1H3/p+1. The van der Waals surface area contributed by atoms with Crippen molar-refractivity contribution in [2.45, 2.75) is 0 Å². The number of hydrogen-bond donors (Lipinski definition) is 1. The Kier molecular flexibility index (Phi) is 1.43. The van der Waals surface area contributed by atoms with Crippen LogP contribution in [0.15, 0.2) is 34.6 Å². The van der Waals surface area contributed by atoms with Crippen molar-refractivity contribution in [2.75, 3.05) is 7.05 Å². The molecular weight excluding hydrogens is 170 g/mol. The minimum absolute atomic E-state index is 0.518. The van der Waals surface area contributed by atoms with Crippen molar-refractivity contribution in [1.82, 2.24) is 4.59 Å². The quantitative estimate of drug-likeness (QED) is 0.619. The summed E-state index contributed by atoms with van der Waals surface area (Å²) >= 11 is 0. The number of quaternary nitrogens is 1. The van der Waals surface area contributed by atoms with E-state index in [0.717, 1.165) is 0 Å². The van der Waals surface area contributed by atoms with Crippen LogP contribution in [0.25, 0.3) is 0 Å². The highest BCUT2D eigenvalue weighted by molar-refractivity contribution is 5.85. The van der Waals surface area contributed by atoms with Crippen molar-refractivity contribution in [3.63, 3.8) is 0 Å². The Labute approximate surface area is 74.5 Å². The van der Waals surface area contributed by atoms with Gasteiger partial charge in [-0.1, -0.05) is 17.2 Å². The molecule has 1 aliphatic heterocycles. The van der Waals surface area contributed by atoms with Crippen molar-refractivity contribution >= 4 is 17.5 Å². The third-order valence-corrected chi connectivity index (χ3v) is 2.05. The van der Waals surface area contributed by atoms with Crippen LogP contribution in [-0.2, 0) is 0 Å². The summed E-state index contributed by atoms with van der Waals surface area (Å²) in [6.07, 6.45) is -1.03. The maximum Gasteiger partial charge on any atom is 0.547 e. The van der Waals surface area contributed by atoms with Gasteiger partial charge in [0.25, 0.3) is 0 Å². The third kappa shape index (κ3) is 0.940. The molecule has 0 fully saturated rings. The fourth-order valence-corrected chi connectivity index (χ4v) is 1.24. The van der Waals surface area contributed by atoms with Gasteiger partial charge in [0.2, 0.25) is 0 Å². The number of benzene rings is 1. The Balaban J connectivity index is 2.61. The fraction of sp³-hybridized carbons (Fsp3) is 0.125. The first-order chi connectivity index (χ1) is 6.14. The van der Waals surface area contributed by atoms with E-state index in [0.29, 0.717) is 11.4 Å². The van der Waals surface area contributed by atoms with Crippen LogP contribution in [-0.4, -0.2) is 18.2 Å². The molecule has 5 nitrogen and oxygen atoms in total. The smallest absolute Gasteiger partial charge is 0.433 e. The first-order valence-electron chi connectivity index (χ1n) is 3.77. The zero-order chi connectivity index (χ0) is 9.47. The summed E-state index contributed by atoms with van der Waals surface area (Å²) in [6, 6.07) is 7.03. The molecule has 1 aromatic rings. The summed E-state index contributed by atoms with van der Waals surface area (Å²) in [5, 5.41) is 16.4. The van der Waals surface area contributed by atoms with Crippen LogP contribution in [0.2, 0.25) is 0 Å². The number of para-hydroxylation sites is 1. The molecule has 1 heterocycles. The molecule has 0 aliphatic carbocycles. The molecule has 0 aromatic heterocycles. The molecule has 1 N–H and O–H groups in total. The van der Waals surface area contributed by atoms with E-state index >= 15 is 0 Å². The lowest BCUT2D eigenvalue weighted by atomic mass is 10.2. The summed E-state index contributed by atoms with van der Waals surface area (Å²) in [7, 11) is 1.48. The predicted molar refractivity (Wildman–Crippen MR) is 46.7 cm³/mol. The molecule has 0 saturated carbocycles. The normalized spacial score (nSPS) is 24.4. The van der Waals surface area contributed by atoms with Crippen LogP contribution in [0.4, 0.5) is 16.2 Å². The number of carboxylic acid groups (broad SMARTS) is 1. The number of amides is 1. The maximum atomic E-state index is 10.9. The van der Waals surface area contributed by atoms with Crippen LogP contribution in [0.5, 0.6) is 0 Å².